The van der Waals surface area contributed by atoms with E-state index in [1.165, 1.54) is 0 Å². The minimum atomic E-state index is -0.365. The van der Waals surface area contributed by atoms with Gasteiger partial charge < -0.3 is 15.5 Å². The standard InChI is InChI=1S/C10H19N3O2/c1-4-12-9(14)7(2)13-6-5-8(11-3)10(13)15/h7-8,11H,4-6H2,1-3H3,(H,12,14). The molecule has 0 aromatic heterocycles. The SMILES string of the molecule is CCNC(=O)C(C)N1CCC(NC)C1=O. The number of nitrogens with one attached hydrogen (secondary N) is 2. The van der Waals surface area contributed by atoms with Gasteiger partial charge in [-0.1, -0.05) is 0 Å². The van der Waals surface area contributed by atoms with E-state index in [0.717, 1.165) is 6.42 Å². The Morgan fingerprint density at radius 2 is 2.33 bits per heavy atom. The van der Waals surface area contributed by atoms with Crippen LogP contribution in [-0.2, 0) is 9.59 Å². The highest BCUT2D eigenvalue weighted by Gasteiger charge is 2.35. The predicted molar refractivity (Wildman–Crippen MR) is 57.3 cm³/mol. The van der Waals surface area contributed by atoms with Crippen molar-refractivity contribution in [1.29, 1.82) is 0 Å². The van der Waals surface area contributed by atoms with Crippen molar-refractivity contribution in [2.45, 2.75) is 32.4 Å². The van der Waals surface area contributed by atoms with Gasteiger partial charge in [-0.25, -0.2) is 0 Å². The molecule has 2 N–H and O–H groups in total. The second-order valence-electron chi connectivity index (χ2n) is 3.73. The van der Waals surface area contributed by atoms with Gasteiger partial charge in [-0.15, -0.1) is 0 Å². The van der Waals surface area contributed by atoms with Gasteiger partial charge in [0.1, 0.15) is 6.04 Å². The third kappa shape index (κ3) is 2.47. The summed E-state index contributed by atoms with van der Waals surface area (Å²) in [4.78, 5) is 24.9. The molecule has 86 valence electrons. The van der Waals surface area contributed by atoms with Crippen LogP contribution in [-0.4, -0.2) is 48.9 Å². The molecule has 0 bridgehead atoms. The van der Waals surface area contributed by atoms with Gasteiger partial charge in [-0.2, -0.15) is 0 Å². The number of likely N-dealkylation sites (tertiary alicyclic amines) is 1. The monoisotopic (exact) mass is 213 g/mol. The van der Waals surface area contributed by atoms with Crippen molar-refractivity contribution in [1.82, 2.24) is 15.5 Å². The first-order valence-electron chi connectivity index (χ1n) is 5.37. The summed E-state index contributed by atoms with van der Waals surface area (Å²) in [6.07, 6.45) is 0.777. The van der Waals surface area contributed by atoms with Crippen LogP contribution in [0.25, 0.3) is 0 Å². The first-order valence-corrected chi connectivity index (χ1v) is 5.37. The molecule has 1 aliphatic rings. The number of rotatable bonds is 4. The topological polar surface area (TPSA) is 61.4 Å². The molecule has 0 saturated carbocycles. The fraction of sp³-hybridized carbons (Fsp3) is 0.800. The second kappa shape index (κ2) is 5.11. The molecule has 0 aliphatic carbocycles. The predicted octanol–water partition coefficient (Wildman–Crippen LogP) is -0.669. The van der Waals surface area contributed by atoms with E-state index in [2.05, 4.69) is 10.6 Å². The Labute approximate surface area is 90.2 Å². The van der Waals surface area contributed by atoms with Gasteiger partial charge in [0.05, 0.1) is 6.04 Å². The van der Waals surface area contributed by atoms with E-state index < -0.39 is 0 Å². The Morgan fingerprint density at radius 1 is 1.67 bits per heavy atom. The molecule has 2 atom stereocenters. The molecule has 1 aliphatic heterocycles. The summed E-state index contributed by atoms with van der Waals surface area (Å²) < 4.78 is 0. The van der Waals surface area contributed by atoms with Crippen LogP contribution >= 0.6 is 0 Å². The fourth-order valence-corrected chi connectivity index (χ4v) is 1.82. The van der Waals surface area contributed by atoms with E-state index in [1.807, 2.05) is 6.92 Å². The number of carbonyl (C=O) groups is 2. The zero-order valence-corrected chi connectivity index (χ0v) is 9.54. The van der Waals surface area contributed by atoms with Gasteiger partial charge in [0, 0.05) is 13.1 Å². The van der Waals surface area contributed by atoms with E-state index in [-0.39, 0.29) is 23.9 Å². The van der Waals surface area contributed by atoms with E-state index >= 15 is 0 Å². The number of hydrogen-bond acceptors (Lipinski definition) is 3. The average Bonchev–Trinajstić information content (AvgIpc) is 2.59. The van der Waals surface area contributed by atoms with Crippen LogP contribution in [0.1, 0.15) is 20.3 Å². The Morgan fingerprint density at radius 3 is 2.80 bits per heavy atom. The maximum atomic E-state index is 11.8. The van der Waals surface area contributed by atoms with Crippen molar-refractivity contribution in [3.05, 3.63) is 0 Å². The van der Waals surface area contributed by atoms with E-state index in [1.54, 1.807) is 18.9 Å². The maximum absolute atomic E-state index is 11.8. The van der Waals surface area contributed by atoms with Gasteiger partial charge in [-0.05, 0) is 27.3 Å². The molecule has 0 aromatic carbocycles. The summed E-state index contributed by atoms with van der Waals surface area (Å²) >= 11 is 0. The lowest BCUT2D eigenvalue weighted by atomic mass is 10.2. The Balaban J connectivity index is 2.58. The number of carbonyl (C=O) groups excluding carboxylic acids is 2. The van der Waals surface area contributed by atoms with Gasteiger partial charge in [0.2, 0.25) is 11.8 Å². The zero-order chi connectivity index (χ0) is 11.4. The molecule has 1 heterocycles. The number of amides is 2. The summed E-state index contributed by atoms with van der Waals surface area (Å²) in [6.45, 7) is 4.89. The minimum absolute atomic E-state index is 0.0243. The molecule has 2 amide bonds. The summed E-state index contributed by atoms with van der Waals surface area (Å²) in [6, 6.07) is -0.488. The van der Waals surface area contributed by atoms with Gasteiger partial charge >= 0.3 is 0 Å². The van der Waals surface area contributed by atoms with Crippen molar-refractivity contribution in [3.8, 4) is 0 Å². The highest BCUT2D eigenvalue weighted by molar-refractivity contribution is 5.90. The lowest BCUT2D eigenvalue weighted by Gasteiger charge is -2.23. The van der Waals surface area contributed by atoms with Crippen LogP contribution in [0.5, 0.6) is 0 Å². The van der Waals surface area contributed by atoms with Crippen LogP contribution < -0.4 is 10.6 Å². The fourth-order valence-electron chi connectivity index (χ4n) is 1.82. The molecule has 1 fully saturated rings. The molecule has 5 nitrogen and oxygen atoms in total. The molecular formula is C10H19N3O2. The molecule has 2 unspecified atom stereocenters. The summed E-state index contributed by atoms with van der Waals surface area (Å²) in [5.74, 6) is -0.0566. The average molecular weight is 213 g/mol. The van der Waals surface area contributed by atoms with E-state index in [4.69, 9.17) is 0 Å². The van der Waals surface area contributed by atoms with Crippen molar-refractivity contribution in [2.75, 3.05) is 20.1 Å². The number of nitrogens with zero attached hydrogens (tertiary/aromatic N) is 1. The normalized spacial score (nSPS) is 23.0. The quantitative estimate of drug-likeness (QED) is 0.651. The number of likely N-dealkylation sites (N-methyl/N-ethyl adjacent to an activating group) is 2. The largest absolute Gasteiger partial charge is 0.355 e. The first kappa shape index (κ1) is 12.0. The van der Waals surface area contributed by atoms with Crippen molar-refractivity contribution < 1.29 is 9.59 Å². The van der Waals surface area contributed by atoms with Crippen LogP contribution in [0.2, 0.25) is 0 Å². The Hall–Kier alpha value is -1.10. The zero-order valence-electron chi connectivity index (χ0n) is 9.54. The molecule has 1 saturated heterocycles. The molecule has 0 radical (unpaired) electrons. The maximum Gasteiger partial charge on any atom is 0.242 e. The lowest BCUT2D eigenvalue weighted by Crippen LogP contribution is -2.48. The Kier molecular flexibility index (Phi) is 4.08. The van der Waals surface area contributed by atoms with Gasteiger partial charge in [0.15, 0.2) is 0 Å². The van der Waals surface area contributed by atoms with Gasteiger partial charge in [0.25, 0.3) is 0 Å². The molecule has 1 rings (SSSR count). The molecule has 5 heteroatoms. The molecule has 0 spiro atoms. The van der Waals surface area contributed by atoms with Crippen molar-refractivity contribution in [2.24, 2.45) is 0 Å². The second-order valence-corrected chi connectivity index (χ2v) is 3.73. The minimum Gasteiger partial charge on any atom is -0.355 e. The number of hydrogen-bond donors (Lipinski definition) is 2. The lowest BCUT2D eigenvalue weighted by molar-refractivity contribution is -0.137. The molecular weight excluding hydrogens is 194 g/mol. The summed E-state index contributed by atoms with van der Waals surface area (Å²) in [7, 11) is 1.77. The smallest absolute Gasteiger partial charge is 0.242 e. The third-order valence-corrected chi connectivity index (χ3v) is 2.79. The van der Waals surface area contributed by atoms with Crippen LogP contribution in [0.15, 0.2) is 0 Å². The third-order valence-electron chi connectivity index (χ3n) is 2.79. The molecule has 15 heavy (non-hydrogen) atoms. The van der Waals surface area contributed by atoms with Gasteiger partial charge in [-0.3, -0.25) is 9.59 Å². The van der Waals surface area contributed by atoms with Crippen LogP contribution in [0, 0.1) is 0 Å². The summed E-state index contributed by atoms with van der Waals surface area (Å²) in [5.41, 5.74) is 0. The molecule has 0 aromatic rings. The van der Waals surface area contributed by atoms with Crippen LogP contribution in [0.4, 0.5) is 0 Å². The van der Waals surface area contributed by atoms with E-state index in [9.17, 15) is 9.59 Å². The van der Waals surface area contributed by atoms with Crippen LogP contribution in [0.3, 0.4) is 0 Å². The summed E-state index contributed by atoms with van der Waals surface area (Å²) in [5, 5.41) is 5.67. The van der Waals surface area contributed by atoms with E-state index in [0.29, 0.717) is 13.1 Å². The Bertz CT molecular complexity index is 255. The van der Waals surface area contributed by atoms with Crippen molar-refractivity contribution in [3.63, 3.8) is 0 Å². The highest BCUT2D eigenvalue weighted by Crippen LogP contribution is 2.14. The highest BCUT2D eigenvalue weighted by atomic mass is 16.2. The van der Waals surface area contributed by atoms with Crippen molar-refractivity contribution >= 4 is 11.8 Å². The first-order chi connectivity index (χ1) is 7.11.